The summed E-state index contributed by atoms with van der Waals surface area (Å²) in [5, 5.41) is 35.5. The molecule has 4 N–H and O–H groups in total. The Morgan fingerprint density at radius 3 is 2.58 bits per heavy atom. The Hall–Kier alpha value is -3.81. The number of aliphatic hydroxyl groups excluding tert-OH is 1. The molecule has 0 bridgehead atoms. The molecule has 1 atom stereocenters. The Bertz CT molecular complexity index is 1620. The van der Waals surface area contributed by atoms with Crippen LogP contribution in [0, 0.1) is 12.1 Å². The van der Waals surface area contributed by atoms with Crippen LogP contribution < -0.4 is 15.6 Å². The second-order valence-corrected chi connectivity index (χ2v) is 9.85. The lowest BCUT2D eigenvalue weighted by atomic mass is 10.0. The van der Waals surface area contributed by atoms with Gasteiger partial charge in [-0.1, -0.05) is 41.4 Å². The van der Waals surface area contributed by atoms with Crippen molar-refractivity contribution in [3.05, 3.63) is 104 Å². The average molecular weight is 529 g/mol. The minimum Gasteiger partial charge on any atom is -0.733 e. The molecule has 4 aromatic rings. The maximum atomic E-state index is 12.9. The van der Waals surface area contributed by atoms with Crippen LogP contribution in [0.5, 0.6) is 0 Å². The zero-order valence-corrected chi connectivity index (χ0v) is 20.2. The number of halogens is 1. The number of nitrogens with one attached hydrogen (secondary N) is 2. The zero-order valence-electron chi connectivity index (χ0n) is 18.6. The third-order valence-corrected chi connectivity index (χ3v) is 6.64. The van der Waals surface area contributed by atoms with E-state index >= 15 is 0 Å². The van der Waals surface area contributed by atoms with Crippen LogP contribution in [0.1, 0.15) is 22.9 Å². The van der Waals surface area contributed by atoms with Crippen LogP contribution in [0.4, 0.5) is 5.69 Å². The molecule has 3 aromatic carbocycles. The van der Waals surface area contributed by atoms with Gasteiger partial charge >= 0.3 is 0 Å². The van der Waals surface area contributed by atoms with Gasteiger partial charge in [-0.05, 0) is 55.0 Å². The standard InChI is InChI=1S/C23H19ClN5O6S/c1-13-5-8-17(9-6-13)36(34,35)28-27-20(22(30)14-3-2-4-16(11-14)29(32)33)21-23(31)26-19-12-15(24)7-10-18(19)25-21/h2-12,22,28,30,32H,1H3,(H,26,31)/q-1/b27-20-. The summed E-state index contributed by atoms with van der Waals surface area (Å²) in [5.74, 6) is 0. The second kappa shape index (κ2) is 10.0. The second-order valence-electron chi connectivity index (χ2n) is 7.75. The molecule has 0 aliphatic carbocycles. The lowest BCUT2D eigenvalue weighted by Gasteiger charge is -2.23. The first-order valence-corrected chi connectivity index (χ1v) is 12.2. The molecule has 11 nitrogen and oxygen atoms in total. The Balaban J connectivity index is 1.85. The number of nitrogens with zero attached hydrogens (tertiary/aromatic N) is 3. The van der Waals surface area contributed by atoms with Crippen LogP contribution in [-0.4, -0.2) is 34.4 Å². The van der Waals surface area contributed by atoms with Gasteiger partial charge in [-0.15, -0.1) is 0 Å². The SMILES string of the molecule is Cc1ccc(S(=O)(=O)N/N=C(/c2nc3ccc(Cl)cc3[nH]c2=O)C(O)c2cccc(N([O-])O)c2)cc1. The van der Waals surface area contributed by atoms with Crippen LogP contribution >= 0.6 is 11.6 Å². The fourth-order valence-corrected chi connectivity index (χ4v) is 4.32. The van der Waals surface area contributed by atoms with Crippen LogP contribution in [0.3, 0.4) is 0 Å². The first-order valence-electron chi connectivity index (χ1n) is 10.4. The number of H-pyrrole nitrogens is 1. The van der Waals surface area contributed by atoms with Crippen molar-refractivity contribution in [3.8, 4) is 0 Å². The minimum absolute atomic E-state index is 0.0353. The monoisotopic (exact) mass is 528 g/mol. The smallest absolute Gasteiger partial charge is 0.276 e. The summed E-state index contributed by atoms with van der Waals surface area (Å²) >= 11 is 5.97. The summed E-state index contributed by atoms with van der Waals surface area (Å²) in [4.78, 5) is 21.7. The Labute approximate surface area is 209 Å². The first-order chi connectivity index (χ1) is 17.0. The number of sulfonamides is 1. The maximum absolute atomic E-state index is 12.9. The minimum atomic E-state index is -4.18. The van der Waals surface area contributed by atoms with E-state index in [4.69, 9.17) is 11.6 Å². The number of aliphatic hydroxyl groups is 1. The maximum Gasteiger partial charge on any atom is 0.276 e. The molecule has 4 rings (SSSR count). The average Bonchev–Trinajstić information content (AvgIpc) is 2.84. The molecular formula is C23H19ClN5O6S-. The van der Waals surface area contributed by atoms with E-state index in [0.29, 0.717) is 16.1 Å². The highest BCUT2D eigenvalue weighted by Crippen LogP contribution is 2.23. The Kier molecular flexibility index (Phi) is 7.06. The van der Waals surface area contributed by atoms with Crippen LogP contribution in [0.25, 0.3) is 11.0 Å². The lowest BCUT2D eigenvalue weighted by Crippen LogP contribution is -2.29. The number of hydrogen-bond acceptors (Lipinski definition) is 9. The molecule has 0 amide bonds. The Morgan fingerprint density at radius 1 is 1.17 bits per heavy atom. The van der Waals surface area contributed by atoms with Gasteiger partial charge in [0.15, 0.2) is 5.69 Å². The summed E-state index contributed by atoms with van der Waals surface area (Å²) in [6.07, 6.45) is -1.72. The molecule has 0 saturated carbocycles. The number of aryl methyl sites for hydroxylation is 1. The van der Waals surface area contributed by atoms with E-state index in [2.05, 4.69) is 15.1 Å². The molecule has 13 heteroatoms. The van der Waals surface area contributed by atoms with Crippen LogP contribution in [0.2, 0.25) is 5.02 Å². The first kappa shape index (κ1) is 25.3. The van der Waals surface area contributed by atoms with Gasteiger partial charge in [0.1, 0.15) is 11.8 Å². The van der Waals surface area contributed by atoms with Crippen LogP contribution in [0.15, 0.2) is 81.5 Å². The number of benzene rings is 3. The highest BCUT2D eigenvalue weighted by molar-refractivity contribution is 7.89. The third-order valence-electron chi connectivity index (χ3n) is 5.18. The van der Waals surface area contributed by atoms with Crippen molar-refractivity contribution in [2.75, 3.05) is 5.23 Å². The normalized spacial score (nSPS) is 13.0. The molecule has 0 fully saturated rings. The van der Waals surface area contributed by atoms with Crippen LogP contribution in [-0.2, 0) is 10.0 Å². The molecule has 36 heavy (non-hydrogen) atoms. The molecule has 0 radical (unpaired) electrons. The number of aromatic nitrogens is 2. The lowest BCUT2D eigenvalue weighted by molar-refractivity contribution is 0.246. The number of hydrogen-bond donors (Lipinski definition) is 4. The van der Waals surface area contributed by atoms with Crippen molar-refractivity contribution in [3.63, 3.8) is 0 Å². The van der Waals surface area contributed by atoms with Crippen molar-refractivity contribution >= 4 is 44.1 Å². The molecule has 0 aliphatic heterocycles. The number of hydrazone groups is 1. The quantitative estimate of drug-likeness (QED) is 0.209. The molecule has 1 aromatic heterocycles. The highest BCUT2D eigenvalue weighted by Gasteiger charge is 2.24. The predicted octanol–water partition coefficient (Wildman–Crippen LogP) is 2.99. The highest BCUT2D eigenvalue weighted by atomic mass is 35.5. The molecule has 0 aliphatic rings. The van der Waals surface area contributed by atoms with Gasteiger partial charge in [-0.25, -0.2) is 4.98 Å². The number of aromatic amines is 1. The van der Waals surface area contributed by atoms with Crippen molar-refractivity contribution in [2.24, 2.45) is 5.10 Å². The Morgan fingerprint density at radius 2 is 1.89 bits per heavy atom. The number of rotatable bonds is 7. The van der Waals surface area contributed by atoms with Crippen molar-refractivity contribution in [2.45, 2.75) is 17.9 Å². The molecule has 1 unspecified atom stereocenters. The van der Waals surface area contributed by atoms with E-state index in [1.807, 2.05) is 4.83 Å². The molecule has 0 spiro atoms. The fraction of sp³-hybridized carbons (Fsp3) is 0.0870. The largest absolute Gasteiger partial charge is 0.733 e. The van der Waals surface area contributed by atoms with Crippen molar-refractivity contribution in [1.82, 2.24) is 14.8 Å². The van der Waals surface area contributed by atoms with E-state index < -0.39 is 32.6 Å². The van der Waals surface area contributed by atoms with E-state index in [-0.39, 0.29) is 21.8 Å². The molecular weight excluding hydrogens is 510 g/mol. The fourth-order valence-electron chi connectivity index (χ4n) is 3.33. The molecule has 186 valence electrons. The molecule has 0 saturated heterocycles. The van der Waals surface area contributed by atoms with Crippen molar-refractivity contribution < 1.29 is 18.7 Å². The summed E-state index contributed by atoms with van der Waals surface area (Å²) < 4.78 is 25.6. The van der Waals surface area contributed by atoms with Gasteiger partial charge < -0.3 is 20.5 Å². The van der Waals surface area contributed by atoms with E-state index in [1.165, 1.54) is 42.5 Å². The van der Waals surface area contributed by atoms with E-state index in [9.17, 15) is 28.7 Å². The van der Waals surface area contributed by atoms with Gasteiger partial charge in [-0.3, -0.25) is 10.0 Å². The zero-order chi connectivity index (χ0) is 26.0. The van der Waals surface area contributed by atoms with Gasteiger partial charge in [-0.2, -0.15) is 18.4 Å². The van der Waals surface area contributed by atoms with Gasteiger partial charge in [0.05, 0.1) is 21.6 Å². The van der Waals surface area contributed by atoms with E-state index in [0.717, 1.165) is 11.6 Å². The summed E-state index contributed by atoms with van der Waals surface area (Å²) in [5.41, 5.74) is -0.319. The summed E-state index contributed by atoms with van der Waals surface area (Å²) in [6, 6.07) is 15.7. The topological polar surface area (TPSA) is 171 Å². The number of fused-ring (bicyclic) bond motifs is 1. The summed E-state index contributed by atoms with van der Waals surface area (Å²) in [7, 11) is -4.18. The summed E-state index contributed by atoms with van der Waals surface area (Å²) in [6.45, 7) is 1.80. The predicted molar refractivity (Wildman–Crippen MR) is 134 cm³/mol. The molecule has 1 heterocycles. The number of anilines is 1. The third kappa shape index (κ3) is 5.37. The van der Waals surface area contributed by atoms with Gasteiger partial charge in [0.25, 0.3) is 15.6 Å². The van der Waals surface area contributed by atoms with Gasteiger partial charge in [0.2, 0.25) is 0 Å². The van der Waals surface area contributed by atoms with E-state index in [1.54, 1.807) is 25.1 Å². The van der Waals surface area contributed by atoms with Gasteiger partial charge in [0, 0.05) is 5.02 Å². The van der Waals surface area contributed by atoms with Crippen molar-refractivity contribution in [1.29, 1.82) is 0 Å².